The molecule has 0 aromatic carbocycles. The van der Waals surface area contributed by atoms with Gasteiger partial charge in [-0.15, -0.1) is 0 Å². The lowest BCUT2D eigenvalue weighted by Crippen LogP contribution is -2.17. The van der Waals surface area contributed by atoms with Crippen LogP contribution in [-0.4, -0.2) is 26.5 Å². The molecule has 1 amide bonds. The van der Waals surface area contributed by atoms with E-state index in [2.05, 4.69) is 26.2 Å². The van der Waals surface area contributed by atoms with E-state index < -0.39 is 5.97 Å². The van der Waals surface area contributed by atoms with Crippen molar-refractivity contribution in [3.63, 3.8) is 0 Å². The van der Waals surface area contributed by atoms with Crippen LogP contribution in [-0.2, 0) is 6.54 Å². The SMILES string of the molecule is CCCn1cc(Br)cc1C(=O)Nc1ccnc(C(=O)O)c1. The van der Waals surface area contributed by atoms with Crippen molar-refractivity contribution in [2.24, 2.45) is 0 Å². The van der Waals surface area contributed by atoms with Crippen LogP contribution in [0.4, 0.5) is 5.69 Å². The molecule has 0 saturated heterocycles. The zero-order valence-electron chi connectivity index (χ0n) is 11.3. The Morgan fingerprint density at radius 2 is 2.19 bits per heavy atom. The van der Waals surface area contributed by atoms with Gasteiger partial charge in [-0.2, -0.15) is 0 Å². The zero-order valence-corrected chi connectivity index (χ0v) is 12.9. The summed E-state index contributed by atoms with van der Waals surface area (Å²) in [5, 5.41) is 11.6. The summed E-state index contributed by atoms with van der Waals surface area (Å²) in [5.74, 6) is -1.43. The quantitative estimate of drug-likeness (QED) is 0.866. The van der Waals surface area contributed by atoms with E-state index in [1.165, 1.54) is 12.3 Å². The van der Waals surface area contributed by atoms with E-state index in [1.807, 2.05) is 17.7 Å². The number of carbonyl (C=O) groups excluding carboxylic acids is 1. The molecule has 21 heavy (non-hydrogen) atoms. The van der Waals surface area contributed by atoms with Crippen molar-refractivity contribution < 1.29 is 14.7 Å². The van der Waals surface area contributed by atoms with Gasteiger partial charge in [0.2, 0.25) is 0 Å². The fraction of sp³-hybridized carbons (Fsp3) is 0.214. The minimum Gasteiger partial charge on any atom is -0.477 e. The van der Waals surface area contributed by atoms with E-state index in [9.17, 15) is 9.59 Å². The molecule has 0 spiro atoms. The number of aromatic carboxylic acids is 1. The number of hydrogen-bond donors (Lipinski definition) is 2. The topological polar surface area (TPSA) is 84.2 Å². The van der Waals surface area contributed by atoms with Gasteiger partial charge in [-0.25, -0.2) is 9.78 Å². The second kappa shape index (κ2) is 6.53. The van der Waals surface area contributed by atoms with Gasteiger partial charge in [0.15, 0.2) is 0 Å². The molecule has 2 heterocycles. The molecule has 110 valence electrons. The van der Waals surface area contributed by atoms with E-state index in [1.54, 1.807) is 12.1 Å². The second-order valence-electron chi connectivity index (χ2n) is 4.43. The molecular weight excluding hydrogens is 338 g/mol. The number of halogens is 1. The van der Waals surface area contributed by atoms with Gasteiger partial charge in [0.1, 0.15) is 11.4 Å². The highest BCUT2D eigenvalue weighted by Gasteiger charge is 2.14. The Labute approximate surface area is 129 Å². The third kappa shape index (κ3) is 3.69. The van der Waals surface area contributed by atoms with Crippen LogP contribution in [0.1, 0.15) is 34.3 Å². The van der Waals surface area contributed by atoms with Gasteiger partial charge in [0.25, 0.3) is 5.91 Å². The number of pyridine rings is 1. The Kier molecular flexibility index (Phi) is 4.74. The van der Waals surface area contributed by atoms with Crippen LogP contribution in [0.5, 0.6) is 0 Å². The van der Waals surface area contributed by atoms with Gasteiger partial charge in [-0.3, -0.25) is 4.79 Å². The van der Waals surface area contributed by atoms with Crippen LogP contribution in [0.3, 0.4) is 0 Å². The summed E-state index contributed by atoms with van der Waals surface area (Å²) in [4.78, 5) is 26.9. The maximum Gasteiger partial charge on any atom is 0.354 e. The van der Waals surface area contributed by atoms with E-state index in [0.29, 0.717) is 11.4 Å². The second-order valence-corrected chi connectivity index (χ2v) is 5.34. The minimum absolute atomic E-state index is 0.113. The summed E-state index contributed by atoms with van der Waals surface area (Å²) in [6.07, 6.45) is 4.09. The molecule has 2 rings (SSSR count). The van der Waals surface area contributed by atoms with Crippen molar-refractivity contribution in [3.8, 4) is 0 Å². The molecule has 0 bridgehead atoms. The van der Waals surface area contributed by atoms with Gasteiger partial charge in [0.05, 0.1) is 0 Å². The number of carboxylic acids is 1. The summed E-state index contributed by atoms with van der Waals surface area (Å²) in [6, 6.07) is 4.60. The standard InChI is InChI=1S/C14H14BrN3O3/c1-2-5-18-8-9(15)6-12(18)13(19)17-10-3-4-16-11(7-10)14(20)21/h3-4,6-8H,2,5H2,1H3,(H,20,21)(H,16,17,19). The highest BCUT2D eigenvalue weighted by atomic mass is 79.9. The lowest BCUT2D eigenvalue weighted by molar-refractivity contribution is 0.0690. The van der Waals surface area contributed by atoms with Crippen molar-refractivity contribution in [1.29, 1.82) is 0 Å². The fourth-order valence-corrected chi connectivity index (χ4v) is 2.38. The lowest BCUT2D eigenvalue weighted by atomic mass is 10.3. The number of nitrogens with zero attached hydrogens (tertiary/aromatic N) is 2. The molecular formula is C14H14BrN3O3. The number of amides is 1. The van der Waals surface area contributed by atoms with Gasteiger partial charge in [0, 0.05) is 29.1 Å². The Hall–Kier alpha value is -2.15. The summed E-state index contributed by atoms with van der Waals surface area (Å²) < 4.78 is 2.67. The molecule has 2 aromatic rings. The van der Waals surface area contributed by atoms with Crippen molar-refractivity contribution in [2.45, 2.75) is 19.9 Å². The average Bonchev–Trinajstić information content (AvgIpc) is 2.80. The molecule has 0 aliphatic rings. The first-order valence-corrected chi connectivity index (χ1v) is 7.17. The van der Waals surface area contributed by atoms with Crippen LogP contribution in [0.25, 0.3) is 0 Å². The van der Waals surface area contributed by atoms with Crippen LogP contribution < -0.4 is 5.32 Å². The Balaban J connectivity index is 2.22. The third-order valence-electron chi connectivity index (χ3n) is 2.80. The molecule has 0 unspecified atom stereocenters. The molecule has 0 radical (unpaired) electrons. The summed E-state index contributed by atoms with van der Waals surface area (Å²) in [5.41, 5.74) is 0.795. The number of carboxylic acid groups (broad SMARTS) is 1. The van der Waals surface area contributed by atoms with E-state index in [-0.39, 0.29) is 11.6 Å². The zero-order chi connectivity index (χ0) is 15.4. The van der Waals surface area contributed by atoms with Crippen LogP contribution in [0.15, 0.2) is 35.1 Å². The van der Waals surface area contributed by atoms with Crippen molar-refractivity contribution in [2.75, 3.05) is 5.32 Å². The summed E-state index contributed by atoms with van der Waals surface area (Å²) in [6.45, 7) is 2.75. The van der Waals surface area contributed by atoms with Crippen molar-refractivity contribution in [1.82, 2.24) is 9.55 Å². The maximum atomic E-state index is 12.3. The van der Waals surface area contributed by atoms with Gasteiger partial charge in [-0.1, -0.05) is 6.92 Å². The van der Waals surface area contributed by atoms with E-state index in [4.69, 9.17) is 5.11 Å². The molecule has 2 aromatic heterocycles. The fourth-order valence-electron chi connectivity index (χ4n) is 1.91. The molecule has 6 nitrogen and oxygen atoms in total. The van der Waals surface area contributed by atoms with E-state index in [0.717, 1.165) is 17.4 Å². The highest BCUT2D eigenvalue weighted by Crippen LogP contribution is 2.17. The Bertz CT molecular complexity index is 682. The molecule has 0 atom stereocenters. The van der Waals surface area contributed by atoms with Gasteiger partial charge < -0.3 is 15.0 Å². The summed E-state index contributed by atoms with van der Waals surface area (Å²) in [7, 11) is 0. The first-order chi connectivity index (χ1) is 10.0. The maximum absolute atomic E-state index is 12.3. The average molecular weight is 352 g/mol. The molecule has 2 N–H and O–H groups in total. The van der Waals surface area contributed by atoms with Gasteiger partial charge >= 0.3 is 5.97 Å². The molecule has 0 aliphatic carbocycles. The number of rotatable bonds is 5. The van der Waals surface area contributed by atoms with Crippen LogP contribution >= 0.6 is 15.9 Å². The number of nitrogens with one attached hydrogen (secondary N) is 1. The predicted molar refractivity (Wildman–Crippen MR) is 81.6 cm³/mol. The highest BCUT2D eigenvalue weighted by molar-refractivity contribution is 9.10. The minimum atomic E-state index is -1.14. The van der Waals surface area contributed by atoms with Crippen LogP contribution in [0, 0.1) is 0 Å². The lowest BCUT2D eigenvalue weighted by Gasteiger charge is -2.09. The molecule has 0 aliphatic heterocycles. The number of hydrogen-bond acceptors (Lipinski definition) is 3. The number of aromatic nitrogens is 2. The molecule has 0 fully saturated rings. The monoisotopic (exact) mass is 351 g/mol. The third-order valence-corrected chi connectivity index (χ3v) is 3.23. The largest absolute Gasteiger partial charge is 0.477 e. The molecule has 7 heteroatoms. The van der Waals surface area contributed by atoms with E-state index >= 15 is 0 Å². The van der Waals surface area contributed by atoms with Gasteiger partial charge in [-0.05, 0) is 40.5 Å². The van der Waals surface area contributed by atoms with Crippen molar-refractivity contribution >= 4 is 33.5 Å². The molecule has 0 saturated carbocycles. The predicted octanol–water partition coefficient (Wildman–Crippen LogP) is 3.01. The summed E-state index contributed by atoms with van der Waals surface area (Å²) >= 11 is 3.35. The van der Waals surface area contributed by atoms with Crippen molar-refractivity contribution in [3.05, 3.63) is 46.5 Å². The van der Waals surface area contributed by atoms with Crippen LogP contribution in [0.2, 0.25) is 0 Å². The first kappa shape index (κ1) is 15.2. The number of carbonyl (C=O) groups is 2. The Morgan fingerprint density at radius 1 is 1.43 bits per heavy atom. The Morgan fingerprint density at radius 3 is 2.86 bits per heavy atom. The normalized spacial score (nSPS) is 10.4. The number of anilines is 1. The number of aryl methyl sites for hydroxylation is 1. The smallest absolute Gasteiger partial charge is 0.354 e. The first-order valence-electron chi connectivity index (χ1n) is 6.37.